The number of methoxy groups -OCH3 is 1. The molecule has 0 radical (unpaired) electrons. The number of carbonyl (C=O) groups excluding carboxylic acids is 2. The topological polar surface area (TPSA) is 77.5 Å². The largest absolute Gasteiger partial charge is 0.495 e. The van der Waals surface area contributed by atoms with Gasteiger partial charge in [0.15, 0.2) is 11.8 Å². The van der Waals surface area contributed by atoms with Gasteiger partial charge >= 0.3 is 5.97 Å². The van der Waals surface area contributed by atoms with E-state index in [1.807, 2.05) is 30.3 Å². The lowest BCUT2D eigenvalue weighted by Gasteiger charge is -2.13. The summed E-state index contributed by atoms with van der Waals surface area (Å²) in [4.78, 5) is 28.9. The molecule has 1 aromatic heterocycles. The number of esters is 1. The molecule has 3 aromatic rings. The molecule has 1 heterocycles. The van der Waals surface area contributed by atoms with Gasteiger partial charge in [-0.05, 0) is 25.1 Å². The fourth-order valence-corrected chi connectivity index (χ4v) is 3.40. The predicted molar refractivity (Wildman–Crippen MR) is 109 cm³/mol. The van der Waals surface area contributed by atoms with Gasteiger partial charge in [-0.2, -0.15) is 0 Å². The number of nitrogens with zero attached hydrogens (tertiary/aromatic N) is 1. The second kappa shape index (κ2) is 8.86. The molecule has 1 N–H and O–H groups in total. The first-order valence-corrected chi connectivity index (χ1v) is 9.60. The highest BCUT2D eigenvalue weighted by Crippen LogP contribution is 2.27. The standard InChI is InChI=1S/C20H17ClN2O4S/c1-12(18(24)22-14-8-9-17(26-2)15(21)10-14)27-20(25)16-11-28-19(23-16)13-6-4-3-5-7-13/h3-12H,1-2H3,(H,22,24)/t12-/m1/s1. The van der Waals surface area contributed by atoms with Crippen LogP contribution in [0.4, 0.5) is 5.69 Å². The van der Waals surface area contributed by atoms with Crippen molar-refractivity contribution in [2.45, 2.75) is 13.0 Å². The van der Waals surface area contributed by atoms with Crippen LogP contribution >= 0.6 is 22.9 Å². The van der Waals surface area contributed by atoms with Gasteiger partial charge in [0.1, 0.15) is 10.8 Å². The number of aromatic nitrogens is 1. The van der Waals surface area contributed by atoms with E-state index in [2.05, 4.69) is 10.3 Å². The van der Waals surface area contributed by atoms with Gasteiger partial charge in [-0.15, -0.1) is 11.3 Å². The van der Waals surface area contributed by atoms with Gasteiger partial charge in [0.05, 0.1) is 12.1 Å². The molecule has 144 valence electrons. The Bertz CT molecular complexity index is 991. The third-order valence-corrected chi connectivity index (χ3v) is 4.99. The van der Waals surface area contributed by atoms with Crippen LogP contribution in [0.25, 0.3) is 10.6 Å². The Balaban J connectivity index is 1.61. The van der Waals surface area contributed by atoms with E-state index in [0.29, 0.717) is 21.5 Å². The van der Waals surface area contributed by atoms with Crippen molar-refractivity contribution in [1.82, 2.24) is 4.98 Å². The van der Waals surface area contributed by atoms with Gasteiger partial charge in [-0.1, -0.05) is 41.9 Å². The average molecular weight is 417 g/mol. The summed E-state index contributed by atoms with van der Waals surface area (Å²) in [6.07, 6.45) is -1.00. The molecule has 1 amide bonds. The van der Waals surface area contributed by atoms with Gasteiger partial charge in [0.2, 0.25) is 0 Å². The zero-order chi connectivity index (χ0) is 20.1. The fraction of sp³-hybridized carbons (Fsp3) is 0.150. The molecule has 1 atom stereocenters. The van der Waals surface area contributed by atoms with E-state index in [1.54, 1.807) is 23.6 Å². The Hall–Kier alpha value is -2.90. The van der Waals surface area contributed by atoms with Crippen LogP contribution in [-0.4, -0.2) is 30.1 Å². The molecular weight excluding hydrogens is 400 g/mol. The lowest BCUT2D eigenvalue weighted by molar-refractivity contribution is -0.123. The minimum Gasteiger partial charge on any atom is -0.495 e. The van der Waals surface area contributed by atoms with Gasteiger partial charge in [0.25, 0.3) is 5.91 Å². The number of hydrogen-bond acceptors (Lipinski definition) is 6. The number of rotatable bonds is 6. The normalized spacial score (nSPS) is 11.5. The molecular formula is C20H17ClN2O4S. The van der Waals surface area contributed by atoms with E-state index in [4.69, 9.17) is 21.1 Å². The number of thiazole rings is 1. The smallest absolute Gasteiger partial charge is 0.358 e. The summed E-state index contributed by atoms with van der Waals surface area (Å²) < 4.78 is 10.3. The Morgan fingerprint density at radius 2 is 1.93 bits per heavy atom. The van der Waals surface area contributed by atoms with Crippen LogP contribution in [0.15, 0.2) is 53.9 Å². The van der Waals surface area contributed by atoms with Crippen molar-refractivity contribution in [1.29, 1.82) is 0 Å². The lowest BCUT2D eigenvalue weighted by Crippen LogP contribution is -2.30. The molecule has 6 nitrogen and oxygen atoms in total. The van der Waals surface area contributed by atoms with Crippen LogP contribution in [0.1, 0.15) is 17.4 Å². The van der Waals surface area contributed by atoms with Crippen molar-refractivity contribution < 1.29 is 19.1 Å². The first-order valence-electron chi connectivity index (χ1n) is 8.34. The Morgan fingerprint density at radius 1 is 1.18 bits per heavy atom. The van der Waals surface area contributed by atoms with Gasteiger partial charge in [-0.3, -0.25) is 4.79 Å². The van der Waals surface area contributed by atoms with Gasteiger partial charge in [0, 0.05) is 16.6 Å². The van der Waals surface area contributed by atoms with E-state index in [1.165, 1.54) is 25.4 Å². The number of halogens is 1. The number of hydrogen-bond donors (Lipinski definition) is 1. The highest BCUT2D eigenvalue weighted by molar-refractivity contribution is 7.13. The molecule has 0 bridgehead atoms. The summed E-state index contributed by atoms with van der Waals surface area (Å²) in [6, 6.07) is 14.3. The maximum atomic E-state index is 12.3. The van der Waals surface area contributed by atoms with Crippen LogP contribution in [0, 0.1) is 0 Å². The summed E-state index contributed by atoms with van der Waals surface area (Å²) in [5.74, 6) is -0.640. The summed E-state index contributed by atoms with van der Waals surface area (Å²) in [6.45, 7) is 1.49. The average Bonchev–Trinajstić information content (AvgIpc) is 3.19. The minimum absolute atomic E-state index is 0.163. The molecule has 8 heteroatoms. The Morgan fingerprint density at radius 3 is 2.61 bits per heavy atom. The van der Waals surface area contributed by atoms with E-state index in [9.17, 15) is 9.59 Å². The summed E-state index contributed by atoms with van der Waals surface area (Å²) >= 11 is 7.38. The van der Waals surface area contributed by atoms with Crippen LogP contribution in [0.2, 0.25) is 5.02 Å². The maximum absolute atomic E-state index is 12.3. The van der Waals surface area contributed by atoms with Crippen molar-refractivity contribution in [3.05, 3.63) is 64.6 Å². The van der Waals surface area contributed by atoms with E-state index < -0.39 is 18.0 Å². The molecule has 3 rings (SSSR count). The zero-order valence-electron chi connectivity index (χ0n) is 15.1. The highest BCUT2D eigenvalue weighted by atomic mass is 35.5. The van der Waals surface area contributed by atoms with Crippen molar-refractivity contribution in [2.24, 2.45) is 0 Å². The number of ether oxygens (including phenoxy) is 2. The molecule has 0 aliphatic heterocycles. The second-order valence-corrected chi connectivity index (χ2v) is 7.06. The number of nitrogens with one attached hydrogen (secondary N) is 1. The Labute approximate surface area is 171 Å². The van der Waals surface area contributed by atoms with E-state index in [-0.39, 0.29) is 5.69 Å². The molecule has 0 unspecified atom stereocenters. The molecule has 0 saturated carbocycles. The summed E-state index contributed by atoms with van der Waals surface area (Å²) in [5.41, 5.74) is 1.54. The fourth-order valence-electron chi connectivity index (χ4n) is 2.34. The minimum atomic E-state index is -1.00. The molecule has 0 aliphatic carbocycles. The third kappa shape index (κ3) is 4.68. The van der Waals surface area contributed by atoms with Crippen molar-refractivity contribution >= 4 is 40.5 Å². The monoisotopic (exact) mass is 416 g/mol. The van der Waals surface area contributed by atoms with Crippen molar-refractivity contribution in [3.8, 4) is 16.3 Å². The van der Waals surface area contributed by atoms with Crippen molar-refractivity contribution in [2.75, 3.05) is 12.4 Å². The molecule has 0 saturated heterocycles. The summed E-state index contributed by atoms with van der Waals surface area (Å²) in [5, 5.41) is 5.33. The van der Waals surface area contributed by atoms with Crippen LogP contribution in [0.3, 0.4) is 0 Å². The van der Waals surface area contributed by atoms with Crippen LogP contribution < -0.4 is 10.1 Å². The van der Waals surface area contributed by atoms with E-state index >= 15 is 0 Å². The molecule has 0 spiro atoms. The highest BCUT2D eigenvalue weighted by Gasteiger charge is 2.21. The number of anilines is 1. The zero-order valence-corrected chi connectivity index (χ0v) is 16.7. The number of benzene rings is 2. The van der Waals surface area contributed by atoms with Crippen LogP contribution in [0.5, 0.6) is 5.75 Å². The number of amides is 1. The molecule has 2 aromatic carbocycles. The quantitative estimate of drug-likeness (QED) is 0.591. The first kappa shape index (κ1) is 19.9. The van der Waals surface area contributed by atoms with Crippen molar-refractivity contribution in [3.63, 3.8) is 0 Å². The predicted octanol–water partition coefficient (Wildman–Crippen LogP) is 4.66. The summed E-state index contributed by atoms with van der Waals surface area (Å²) in [7, 11) is 1.50. The molecule has 0 aliphatic rings. The van der Waals surface area contributed by atoms with E-state index in [0.717, 1.165) is 5.56 Å². The Kier molecular flexibility index (Phi) is 6.28. The van der Waals surface area contributed by atoms with Gasteiger partial charge < -0.3 is 14.8 Å². The van der Waals surface area contributed by atoms with Gasteiger partial charge in [-0.25, -0.2) is 9.78 Å². The molecule has 28 heavy (non-hydrogen) atoms. The number of carbonyl (C=O) groups is 2. The molecule has 0 fully saturated rings. The third-order valence-electron chi connectivity index (χ3n) is 3.81. The lowest BCUT2D eigenvalue weighted by atomic mass is 10.2. The van der Waals surface area contributed by atoms with Crippen LogP contribution in [-0.2, 0) is 9.53 Å². The second-order valence-electron chi connectivity index (χ2n) is 5.79. The first-order chi connectivity index (χ1) is 13.5. The SMILES string of the molecule is COc1ccc(NC(=O)[C@@H](C)OC(=O)c2csc(-c3ccccc3)n2)cc1Cl. The maximum Gasteiger partial charge on any atom is 0.358 e.